The van der Waals surface area contributed by atoms with E-state index in [2.05, 4.69) is 10.6 Å². The van der Waals surface area contributed by atoms with Crippen LogP contribution in [0.2, 0.25) is 0 Å². The third-order valence-corrected chi connectivity index (χ3v) is 4.36. The molecule has 2 N–H and O–H groups in total. The van der Waals surface area contributed by atoms with Crippen molar-refractivity contribution in [3.05, 3.63) is 77.4 Å². The molecule has 0 aliphatic heterocycles. The van der Waals surface area contributed by atoms with E-state index in [0.717, 1.165) is 34.2 Å². The smallest absolute Gasteiger partial charge is 0.315 e. The number of hydrogen-bond acceptors (Lipinski definition) is 2. The Kier molecular flexibility index (Phi) is 5.54. The maximum absolute atomic E-state index is 13.3. The average Bonchev–Trinajstić information content (AvgIpc) is 2.67. The molecule has 1 atom stereocenters. The summed E-state index contributed by atoms with van der Waals surface area (Å²) >= 11 is 0. The molecule has 3 aromatic carbocycles. The van der Waals surface area contributed by atoms with Gasteiger partial charge in [-0.05, 0) is 59.2 Å². The molecule has 4 nitrogen and oxygen atoms in total. The first kappa shape index (κ1) is 18.6. The number of hydrogen-bond donors (Lipinski definition) is 2. The highest BCUT2D eigenvalue weighted by Crippen LogP contribution is 2.22. The van der Waals surface area contributed by atoms with Gasteiger partial charge in [0.25, 0.3) is 0 Å². The van der Waals surface area contributed by atoms with Crippen LogP contribution in [0.5, 0.6) is 5.75 Å². The highest BCUT2D eigenvalue weighted by molar-refractivity contribution is 5.84. The molecule has 27 heavy (non-hydrogen) atoms. The van der Waals surface area contributed by atoms with Crippen molar-refractivity contribution in [1.82, 2.24) is 10.6 Å². The zero-order chi connectivity index (χ0) is 19.4. The number of rotatable bonds is 5. The highest BCUT2D eigenvalue weighted by Gasteiger charge is 2.12. The molecule has 0 spiro atoms. The maximum Gasteiger partial charge on any atom is 0.315 e. The van der Waals surface area contributed by atoms with Crippen LogP contribution in [0, 0.1) is 11.6 Å². The zero-order valence-electron chi connectivity index (χ0n) is 15.1. The normalized spacial score (nSPS) is 11.9. The number of nitrogens with one attached hydrogen (secondary N) is 2. The fraction of sp³-hybridized carbons (Fsp3) is 0.190. The van der Waals surface area contributed by atoms with Crippen LogP contribution >= 0.6 is 0 Å². The zero-order valence-corrected chi connectivity index (χ0v) is 15.1. The van der Waals surface area contributed by atoms with Crippen LogP contribution in [0.15, 0.2) is 54.6 Å². The van der Waals surface area contributed by atoms with Crippen LogP contribution in [0.1, 0.15) is 24.1 Å². The molecular formula is C21H20F2N2O2. The molecule has 3 aromatic rings. The van der Waals surface area contributed by atoms with Gasteiger partial charge < -0.3 is 15.4 Å². The van der Waals surface area contributed by atoms with Crippen molar-refractivity contribution in [2.45, 2.75) is 19.5 Å². The minimum absolute atomic E-state index is 0.346. The van der Waals surface area contributed by atoms with Gasteiger partial charge in [-0.2, -0.15) is 0 Å². The van der Waals surface area contributed by atoms with E-state index in [-0.39, 0.29) is 6.03 Å². The van der Waals surface area contributed by atoms with Gasteiger partial charge in [-0.25, -0.2) is 13.6 Å². The monoisotopic (exact) mass is 370 g/mol. The summed E-state index contributed by atoms with van der Waals surface area (Å²) in [6.45, 7) is 2.05. The van der Waals surface area contributed by atoms with E-state index in [1.54, 1.807) is 14.0 Å². The Labute approximate surface area is 156 Å². The van der Waals surface area contributed by atoms with Crippen LogP contribution in [0.4, 0.5) is 13.6 Å². The van der Waals surface area contributed by atoms with E-state index < -0.39 is 17.7 Å². The van der Waals surface area contributed by atoms with Crippen molar-refractivity contribution >= 4 is 16.8 Å². The minimum Gasteiger partial charge on any atom is -0.497 e. The molecule has 140 valence electrons. The van der Waals surface area contributed by atoms with Crippen LogP contribution in [0.25, 0.3) is 10.8 Å². The van der Waals surface area contributed by atoms with Crippen molar-refractivity contribution in [2.24, 2.45) is 0 Å². The molecule has 3 rings (SSSR count). The van der Waals surface area contributed by atoms with Crippen molar-refractivity contribution in [3.63, 3.8) is 0 Å². The largest absolute Gasteiger partial charge is 0.497 e. The summed E-state index contributed by atoms with van der Waals surface area (Å²) in [5.41, 5.74) is 1.44. The van der Waals surface area contributed by atoms with Crippen LogP contribution < -0.4 is 15.4 Å². The van der Waals surface area contributed by atoms with Gasteiger partial charge in [0.15, 0.2) is 11.6 Å². The van der Waals surface area contributed by atoms with Gasteiger partial charge in [0, 0.05) is 6.54 Å². The lowest BCUT2D eigenvalue weighted by Crippen LogP contribution is -2.36. The van der Waals surface area contributed by atoms with Crippen LogP contribution in [0.3, 0.4) is 0 Å². The molecular weight excluding hydrogens is 350 g/mol. The molecule has 2 amide bonds. The second-order valence-corrected chi connectivity index (χ2v) is 6.27. The molecule has 0 saturated carbocycles. The first-order valence-corrected chi connectivity index (χ1v) is 8.52. The molecule has 0 saturated heterocycles. The second kappa shape index (κ2) is 8.03. The third-order valence-electron chi connectivity index (χ3n) is 4.36. The number of carbonyl (C=O) groups is 1. The lowest BCUT2D eigenvalue weighted by Gasteiger charge is -2.15. The molecule has 0 aliphatic carbocycles. The van der Waals surface area contributed by atoms with Gasteiger partial charge in [0.1, 0.15) is 5.75 Å². The van der Waals surface area contributed by atoms with E-state index in [1.165, 1.54) is 6.07 Å². The maximum atomic E-state index is 13.3. The summed E-state index contributed by atoms with van der Waals surface area (Å²) in [5, 5.41) is 7.58. The van der Waals surface area contributed by atoms with Gasteiger partial charge in [-0.3, -0.25) is 0 Å². The fourth-order valence-corrected chi connectivity index (χ4v) is 2.81. The number of amides is 2. The van der Waals surface area contributed by atoms with E-state index in [0.29, 0.717) is 12.1 Å². The second-order valence-electron chi connectivity index (χ2n) is 6.27. The molecule has 0 aromatic heterocycles. The predicted octanol–water partition coefficient (Wildman–Crippen LogP) is 4.69. The molecule has 6 heteroatoms. The number of urea groups is 1. The summed E-state index contributed by atoms with van der Waals surface area (Å²) in [4.78, 5) is 12.1. The van der Waals surface area contributed by atoms with Crippen molar-refractivity contribution in [1.29, 1.82) is 0 Å². The van der Waals surface area contributed by atoms with E-state index >= 15 is 0 Å². The summed E-state index contributed by atoms with van der Waals surface area (Å²) in [6, 6.07) is 14.4. The predicted molar refractivity (Wildman–Crippen MR) is 101 cm³/mol. The van der Waals surface area contributed by atoms with E-state index in [1.807, 2.05) is 36.4 Å². The van der Waals surface area contributed by atoms with Crippen LogP contribution in [-0.2, 0) is 6.54 Å². The number of carbonyl (C=O) groups excluding carboxylic acids is 1. The summed E-state index contributed by atoms with van der Waals surface area (Å²) in [7, 11) is 1.62. The average molecular weight is 370 g/mol. The Hall–Kier alpha value is -3.15. The van der Waals surface area contributed by atoms with Crippen molar-refractivity contribution in [3.8, 4) is 5.75 Å². The van der Waals surface area contributed by atoms with Crippen molar-refractivity contribution in [2.75, 3.05) is 7.11 Å². The number of ether oxygens (including phenoxy) is 1. The highest BCUT2D eigenvalue weighted by atomic mass is 19.2. The Balaban J connectivity index is 1.59. The molecule has 0 heterocycles. The summed E-state index contributed by atoms with van der Waals surface area (Å²) in [5.74, 6) is -1.06. The summed E-state index contributed by atoms with van der Waals surface area (Å²) in [6.07, 6.45) is 0. The number of methoxy groups -OCH3 is 1. The fourth-order valence-electron chi connectivity index (χ4n) is 2.81. The van der Waals surface area contributed by atoms with E-state index in [4.69, 9.17) is 4.74 Å². The van der Waals surface area contributed by atoms with Gasteiger partial charge in [-0.15, -0.1) is 0 Å². The number of fused-ring (bicyclic) bond motifs is 1. The standard InChI is InChI=1S/C21H20F2N2O2/c1-13(15-6-8-19(22)20(23)11-15)25-21(26)24-12-14-3-4-17-10-18(27-2)7-5-16(17)9-14/h3-11,13H,12H2,1-2H3,(H2,24,25,26)/t13-/m1/s1. The first-order valence-electron chi connectivity index (χ1n) is 8.52. The van der Waals surface area contributed by atoms with Gasteiger partial charge in [-0.1, -0.05) is 24.3 Å². The summed E-state index contributed by atoms with van der Waals surface area (Å²) < 4.78 is 31.5. The Bertz CT molecular complexity index is 976. The third kappa shape index (κ3) is 4.53. The SMILES string of the molecule is COc1ccc2cc(CNC(=O)N[C@H](C)c3ccc(F)c(F)c3)ccc2c1. The quantitative estimate of drug-likeness (QED) is 0.685. The first-order chi connectivity index (χ1) is 13.0. The van der Waals surface area contributed by atoms with Crippen molar-refractivity contribution < 1.29 is 18.3 Å². The molecule has 0 fully saturated rings. The molecule has 0 aliphatic rings. The van der Waals surface area contributed by atoms with Gasteiger partial charge in [0.2, 0.25) is 0 Å². The molecule has 0 radical (unpaired) electrons. The van der Waals surface area contributed by atoms with Gasteiger partial charge >= 0.3 is 6.03 Å². The topological polar surface area (TPSA) is 50.4 Å². The molecule has 0 unspecified atom stereocenters. The van der Waals surface area contributed by atoms with E-state index in [9.17, 15) is 13.6 Å². The number of benzene rings is 3. The lowest BCUT2D eigenvalue weighted by molar-refractivity contribution is 0.237. The van der Waals surface area contributed by atoms with Gasteiger partial charge in [0.05, 0.1) is 13.2 Å². The Morgan fingerprint density at radius 2 is 1.74 bits per heavy atom. The Morgan fingerprint density at radius 1 is 1.00 bits per heavy atom. The minimum atomic E-state index is -0.936. The molecule has 0 bridgehead atoms. The number of halogens is 2. The van der Waals surface area contributed by atoms with Crippen LogP contribution in [-0.4, -0.2) is 13.1 Å². The Morgan fingerprint density at radius 3 is 2.48 bits per heavy atom. The lowest BCUT2D eigenvalue weighted by atomic mass is 10.1.